The molecule has 2 aromatic heterocycles. The standard InChI is InChI=1S/C26H30F3N5O3/c27-15-11-19(28)24(20(29)12-15)33-25-32-21-14-30-23(13-22(21)34(25)17-1-3-18(35)4-2-17)31-16-5-7-26(8-6-16)36-9-10-37-26/h11-14,16-18,35H,1-10H2,(H,30,31)(H,32,33). The van der Waals surface area contributed by atoms with Crippen molar-refractivity contribution in [3.05, 3.63) is 41.8 Å². The Labute approximate surface area is 212 Å². The van der Waals surface area contributed by atoms with E-state index in [2.05, 4.69) is 20.6 Å². The molecule has 1 saturated heterocycles. The summed E-state index contributed by atoms with van der Waals surface area (Å²) in [5, 5.41) is 16.3. The van der Waals surface area contributed by atoms with Crippen LogP contribution in [-0.2, 0) is 9.47 Å². The Morgan fingerprint density at radius 2 is 1.62 bits per heavy atom. The molecule has 0 radical (unpaired) electrons. The highest BCUT2D eigenvalue weighted by atomic mass is 19.1. The number of rotatable bonds is 5. The molecule has 198 valence electrons. The molecule has 1 aliphatic heterocycles. The maximum Gasteiger partial charge on any atom is 0.208 e. The third-order valence-corrected chi connectivity index (χ3v) is 7.76. The van der Waals surface area contributed by atoms with Crippen LogP contribution in [0, 0.1) is 17.5 Å². The lowest BCUT2D eigenvalue weighted by atomic mass is 9.90. The molecular weight excluding hydrogens is 487 g/mol. The van der Waals surface area contributed by atoms with Crippen LogP contribution in [0.3, 0.4) is 0 Å². The Morgan fingerprint density at radius 3 is 2.30 bits per heavy atom. The molecule has 3 N–H and O–H groups in total. The molecule has 37 heavy (non-hydrogen) atoms. The van der Waals surface area contributed by atoms with Gasteiger partial charge in [0.05, 0.1) is 31.0 Å². The zero-order chi connectivity index (χ0) is 25.6. The second-order valence-electron chi connectivity index (χ2n) is 10.2. The van der Waals surface area contributed by atoms with Gasteiger partial charge in [-0.15, -0.1) is 0 Å². The van der Waals surface area contributed by atoms with Gasteiger partial charge in [-0.2, -0.15) is 0 Å². The number of imidazole rings is 1. The summed E-state index contributed by atoms with van der Waals surface area (Å²) in [5.41, 5.74) is 0.865. The van der Waals surface area contributed by atoms with Crippen molar-refractivity contribution in [2.24, 2.45) is 0 Å². The van der Waals surface area contributed by atoms with Crippen LogP contribution < -0.4 is 10.6 Å². The van der Waals surface area contributed by atoms with Crippen molar-refractivity contribution >= 4 is 28.5 Å². The fourth-order valence-corrected chi connectivity index (χ4v) is 5.82. The van der Waals surface area contributed by atoms with E-state index in [1.807, 2.05) is 10.6 Å². The van der Waals surface area contributed by atoms with Gasteiger partial charge in [0.25, 0.3) is 0 Å². The molecule has 1 spiro atoms. The minimum absolute atomic E-state index is 0.0380. The fourth-order valence-electron chi connectivity index (χ4n) is 5.82. The average Bonchev–Trinajstić information content (AvgIpc) is 3.48. The van der Waals surface area contributed by atoms with Crippen LogP contribution in [-0.4, -0.2) is 50.8 Å². The van der Waals surface area contributed by atoms with Gasteiger partial charge in [-0.3, -0.25) is 0 Å². The summed E-state index contributed by atoms with van der Waals surface area (Å²) in [6, 6.07) is 3.35. The summed E-state index contributed by atoms with van der Waals surface area (Å²) >= 11 is 0. The molecule has 1 aromatic carbocycles. The van der Waals surface area contributed by atoms with E-state index in [1.165, 1.54) is 0 Å². The molecular formula is C26H30F3N5O3. The number of fused-ring (bicyclic) bond motifs is 1. The van der Waals surface area contributed by atoms with E-state index in [9.17, 15) is 18.3 Å². The van der Waals surface area contributed by atoms with E-state index in [4.69, 9.17) is 9.47 Å². The number of aliphatic hydroxyl groups is 1. The first kappa shape index (κ1) is 24.4. The third kappa shape index (κ3) is 4.87. The van der Waals surface area contributed by atoms with Crippen LogP contribution in [0.25, 0.3) is 11.0 Å². The molecule has 3 aromatic rings. The number of hydrogen-bond acceptors (Lipinski definition) is 7. The van der Waals surface area contributed by atoms with E-state index >= 15 is 0 Å². The number of nitrogens with zero attached hydrogens (tertiary/aromatic N) is 3. The topological polar surface area (TPSA) is 93.5 Å². The van der Waals surface area contributed by atoms with Gasteiger partial charge >= 0.3 is 0 Å². The summed E-state index contributed by atoms with van der Waals surface area (Å²) in [7, 11) is 0. The maximum atomic E-state index is 14.5. The fraction of sp³-hybridized carbons (Fsp3) is 0.538. The Balaban J connectivity index is 1.30. The van der Waals surface area contributed by atoms with Crippen molar-refractivity contribution in [1.29, 1.82) is 0 Å². The number of benzene rings is 1. The molecule has 0 atom stereocenters. The first-order chi connectivity index (χ1) is 17.9. The first-order valence-electron chi connectivity index (χ1n) is 12.9. The summed E-state index contributed by atoms with van der Waals surface area (Å²) in [4.78, 5) is 9.12. The highest BCUT2D eigenvalue weighted by molar-refractivity contribution is 5.81. The van der Waals surface area contributed by atoms with Crippen LogP contribution in [0.2, 0.25) is 0 Å². The van der Waals surface area contributed by atoms with Crippen molar-refractivity contribution in [2.45, 2.75) is 75.3 Å². The SMILES string of the molecule is OC1CCC(n2c(Nc3c(F)cc(F)cc3F)nc3cnc(NC4CCC5(CC4)OCCO5)cc32)CC1. The minimum atomic E-state index is -1.04. The largest absolute Gasteiger partial charge is 0.393 e. The number of ether oxygens (including phenoxy) is 2. The molecule has 2 aliphatic carbocycles. The molecule has 0 amide bonds. The van der Waals surface area contributed by atoms with Crippen LogP contribution in [0.4, 0.5) is 30.6 Å². The minimum Gasteiger partial charge on any atom is -0.393 e. The molecule has 3 heterocycles. The Morgan fingerprint density at radius 1 is 0.946 bits per heavy atom. The van der Waals surface area contributed by atoms with Crippen molar-refractivity contribution in [1.82, 2.24) is 14.5 Å². The van der Waals surface area contributed by atoms with Crippen LogP contribution in [0.15, 0.2) is 24.4 Å². The zero-order valence-electron chi connectivity index (χ0n) is 20.4. The quantitative estimate of drug-likeness (QED) is 0.430. The van der Waals surface area contributed by atoms with E-state index in [0.717, 1.165) is 31.2 Å². The highest BCUT2D eigenvalue weighted by Gasteiger charge is 2.40. The number of pyridine rings is 1. The summed E-state index contributed by atoms with van der Waals surface area (Å²) in [6.07, 6.45) is 7.29. The van der Waals surface area contributed by atoms with E-state index < -0.39 is 28.9 Å². The summed E-state index contributed by atoms with van der Waals surface area (Å²) < 4.78 is 56.0. The monoisotopic (exact) mass is 517 g/mol. The van der Waals surface area contributed by atoms with Crippen LogP contribution in [0.1, 0.15) is 57.4 Å². The van der Waals surface area contributed by atoms with Gasteiger partial charge in [0, 0.05) is 43.1 Å². The molecule has 3 fully saturated rings. The Bertz CT molecular complexity index is 1250. The normalized spacial score (nSPS) is 24.1. The van der Waals surface area contributed by atoms with Gasteiger partial charge in [0.1, 0.15) is 22.8 Å². The smallest absolute Gasteiger partial charge is 0.208 e. The highest BCUT2D eigenvalue weighted by Crippen LogP contribution is 2.38. The van der Waals surface area contributed by atoms with Gasteiger partial charge in [-0.1, -0.05) is 0 Å². The molecule has 0 bridgehead atoms. The molecule has 11 heteroatoms. The third-order valence-electron chi connectivity index (χ3n) is 7.76. The average molecular weight is 518 g/mol. The molecule has 8 nitrogen and oxygen atoms in total. The zero-order valence-corrected chi connectivity index (χ0v) is 20.4. The van der Waals surface area contributed by atoms with Crippen LogP contribution in [0.5, 0.6) is 0 Å². The summed E-state index contributed by atoms with van der Waals surface area (Å²) in [6.45, 7) is 1.28. The molecule has 3 aliphatic rings. The molecule has 2 saturated carbocycles. The predicted octanol–water partition coefficient (Wildman–Crippen LogP) is 5.17. The lowest BCUT2D eigenvalue weighted by Crippen LogP contribution is -2.39. The molecule has 6 rings (SSSR count). The van der Waals surface area contributed by atoms with E-state index in [0.29, 0.717) is 62.4 Å². The van der Waals surface area contributed by atoms with Gasteiger partial charge in [-0.25, -0.2) is 23.1 Å². The van der Waals surface area contributed by atoms with Gasteiger partial charge in [0.15, 0.2) is 17.4 Å². The van der Waals surface area contributed by atoms with Crippen LogP contribution >= 0.6 is 0 Å². The van der Waals surface area contributed by atoms with E-state index in [-0.39, 0.29) is 24.1 Å². The number of aromatic nitrogens is 3. The van der Waals surface area contributed by atoms with Gasteiger partial charge in [-0.05, 0) is 38.5 Å². The maximum absolute atomic E-state index is 14.5. The summed E-state index contributed by atoms with van der Waals surface area (Å²) in [5.74, 6) is -2.58. The number of hydrogen-bond donors (Lipinski definition) is 3. The number of halogens is 3. The van der Waals surface area contributed by atoms with Crippen molar-refractivity contribution in [3.8, 4) is 0 Å². The number of aliphatic hydroxyl groups excluding tert-OH is 1. The lowest BCUT2D eigenvalue weighted by molar-refractivity contribution is -0.177. The molecule has 0 unspecified atom stereocenters. The number of anilines is 3. The Kier molecular flexibility index (Phi) is 6.46. The number of nitrogens with one attached hydrogen (secondary N) is 2. The van der Waals surface area contributed by atoms with Crippen molar-refractivity contribution in [3.63, 3.8) is 0 Å². The Hall–Kier alpha value is -2.89. The first-order valence-corrected chi connectivity index (χ1v) is 12.9. The van der Waals surface area contributed by atoms with E-state index in [1.54, 1.807) is 6.20 Å². The second kappa shape index (κ2) is 9.77. The van der Waals surface area contributed by atoms with Crippen molar-refractivity contribution < 1.29 is 27.8 Å². The van der Waals surface area contributed by atoms with Crippen molar-refractivity contribution in [2.75, 3.05) is 23.8 Å². The second-order valence-corrected chi connectivity index (χ2v) is 10.2. The predicted molar refractivity (Wildman–Crippen MR) is 131 cm³/mol. The van der Waals surface area contributed by atoms with Gasteiger partial charge in [0.2, 0.25) is 5.95 Å². The lowest BCUT2D eigenvalue weighted by Gasteiger charge is -2.35. The van der Waals surface area contributed by atoms with Gasteiger partial charge < -0.3 is 29.8 Å².